The maximum Gasteiger partial charge on any atom is 0.330 e. The number of hydrogen-bond donors (Lipinski definition) is 7. The quantitative estimate of drug-likeness (QED) is 0.151. The number of phenolic OH excluding ortho intramolecular Hbond substituents is 4. The van der Waals surface area contributed by atoms with Crippen LogP contribution in [0.5, 0.6) is 28.7 Å². The largest absolute Gasteiger partial charge is 0.508 e. The molecular weight excluding hydrogens is 568 g/mol. The number of carbonyl (C=O) groups excluding carboxylic acids is 2. The molecule has 0 bridgehead atoms. The van der Waals surface area contributed by atoms with E-state index in [1.54, 1.807) is 12.1 Å². The van der Waals surface area contributed by atoms with E-state index in [9.17, 15) is 45.3 Å². The maximum atomic E-state index is 13.6. The number of hydrogen-bond acceptors (Lipinski definition) is 13. The first-order chi connectivity index (χ1) is 20.5. The molecule has 0 spiro atoms. The number of ether oxygens (including phenoxy) is 4. The van der Waals surface area contributed by atoms with Crippen molar-refractivity contribution in [1.29, 1.82) is 0 Å². The summed E-state index contributed by atoms with van der Waals surface area (Å²) in [6, 6.07) is 13.6. The van der Waals surface area contributed by atoms with Gasteiger partial charge in [-0.15, -0.1) is 0 Å². The van der Waals surface area contributed by atoms with Crippen LogP contribution in [0.1, 0.15) is 27.6 Å². The van der Waals surface area contributed by atoms with E-state index in [2.05, 4.69) is 0 Å². The number of Topliss-reactive ketones (excluding diaryl/α,β-unsaturated/α-hetero) is 1. The lowest BCUT2D eigenvalue weighted by molar-refractivity contribution is -0.312. The predicted molar refractivity (Wildman–Crippen MR) is 145 cm³/mol. The van der Waals surface area contributed by atoms with E-state index in [0.717, 1.165) is 18.2 Å². The minimum absolute atomic E-state index is 0.0527. The molecule has 2 aliphatic heterocycles. The van der Waals surface area contributed by atoms with E-state index in [1.807, 2.05) is 0 Å². The second kappa shape index (κ2) is 12.3. The molecule has 5 rings (SSSR count). The highest BCUT2D eigenvalue weighted by Gasteiger charge is 2.49. The summed E-state index contributed by atoms with van der Waals surface area (Å²) >= 11 is 0. The number of phenols is 4. The van der Waals surface area contributed by atoms with Gasteiger partial charge in [0.05, 0.1) is 0 Å². The number of aliphatic hydroxyl groups excluding tert-OH is 3. The Hall–Kier alpha value is -4.66. The molecule has 0 unspecified atom stereocenters. The number of esters is 1. The third-order valence-corrected chi connectivity index (χ3v) is 6.97. The first kappa shape index (κ1) is 29.8. The standard InChI is InChI=1S/C30H28O13/c31-16-6-1-14(2-7-16)3-10-22(35)40-13-21-24(36)26(38)27(39)30(42-21)43-29-25(37)23-19(34)11-18(33)12-20(23)41-28(29)15-4-8-17(32)9-5-15/h1-12,21,24,26-34,36,38-39H,13H2/t21-,24+,26-,27+,28-,29-,30-/m0/s1. The molecule has 7 atom stereocenters. The van der Waals surface area contributed by atoms with Crippen LogP contribution >= 0.6 is 0 Å². The van der Waals surface area contributed by atoms with Gasteiger partial charge in [0.15, 0.2) is 18.5 Å². The van der Waals surface area contributed by atoms with Crippen molar-refractivity contribution in [3.8, 4) is 28.7 Å². The zero-order valence-electron chi connectivity index (χ0n) is 22.3. The molecule has 1 saturated heterocycles. The molecule has 13 heteroatoms. The molecule has 0 amide bonds. The molecule has 0 saturated carbocycles. The molecule has 0 aromatic heterocycles. The van der Waals surface area contributed by atoms with E-state index < -0.39 is 67.0 Å². The summed E-state index contributed by atoms with van der Waals surface area (Å²) in [6.07, 6.45) is -8.83. The number of carbonyl (C=O) groups is 2. The van der Waals surface area contributed by atoms with E-state index in [4.69, 9.17) is 18.9 Å². The van der Waals surface area contributed by atoms with Crippen LogP contribution in [0.2, 0.25) is 0 Å². The van der Waals surface area contributed by atoms with E-state index in [1.165, 1.54) is 42.5 Å². The third-order valence-electron chi connectivity index (χ3n) is 6.97. The second-order valence-electron chi connectivity index (χ2n) is 9.96. The number of benzene rings is 3. The zero-order chi connectivity index (χ0) is 30.8. The van der Waals surface area contributed by atoms with Crippen LogP contribution in [0, 0.1) is 0 Å². The van der Waals surface area contributed by atoms with Gasteiger partial charge in [-0.3, -0.25) is 4.79 Å². The monoisotopic (exact) mass is 596 g/mol. The molecule has 43 heavy (non-hydrogen) atoms. The van der Waals surface area contributed by atoms with Crippen LogP contribution < -0.4 is 4.74 Å². The molecule has 226 valence electrons. The minimum Gasteiger partial charge on any atom is -0.508 e. The summed E-state index contributed by atoms with van der Waals surface area (Å²) in [5, 5.41) is 71.0. The Morgan fingerprint density at radius 2 is 1.49 bits per heavy atom. The third kappa shape index (κ3) is 6.40. The molecule has 1 fully saturated rings. The SMILES string of the molecule is O=C(C=Cc1ccc(O)cc1)OC[C@@H]1O[C@@H](O[C@H]2C(=O)c3c(O)cc(O)cc3O[C@H]2c2ccc(O)cc2)[C@H](O)[C@@H](O)[C@@H]1O. The van der Waals surface area contributed by atoms with E-state index in [-0.39, 0.29) is 28.6 Å². The van der Waals surface area contributed by atoms with Crippen molar-refractivity contribution < 1.29 is 64.3 Å². The van der Waals surface area contributed by atoms with E-state index >= 15 is 0 Å². The summed E-state index contributed by atoms with van der Waals surface area (Å²) in [5.41, 5.74) is 0.622. The number of aromatic hydroxyl groups is 4. The van der Waals surface area contributed by atoms with Gasteiger partial charge in [0.1, 0.15) is 65.3 Å². The smallest absolute Gasteiger partial charge is 0.330 e. The Balaban J connectivity index is 1.34. The maximum absolute atomic E-state index is 13.6. The van der Waals surface area contributed by atoms with Crippen molar-refractivity contribution in [3.63, 3.8) is 0 Å². The number of aliphatic hydroxyl groups is 3. The van der Waals surface area contributed by atoms with Gasteiger partial charge in [0.2, 0.25) is 5.78 Å². The van der Waals surface area contributed by atoms with Crippen LogP contribution in [-0.2, 0) is 19.0 Å². The van der Waals surface area contributed by atoms with Gasteiger partial charge >= 0.3 is 5.97 Å². The van der Waals surface area contributed by atoms with Crippen molar-refractivity contribution in [2.45, 2.75) is 42.9 Å². The fourth-order valence-corrected chi connectivity index (χ4v) is 4.72. The van der Waals surface area contributed by atoms with Crippen molar-refractivity contribution in [2.75, 3.05) is 6.61 Å². The van der Waals surface area contributed by atoms with Crippen LogP contribution in [0.4, 0.5) is 0 Å². The molecule has 2 aliphatic rings. The predicted octanol–water partition coefficient (Wildman–Crippen LogP) is 1.27. The fourth-order valence-electron chi connectivity index (χ4n) is 4.72. The average Bonchev–Trinajstić information content (AvgIpc) is 2.97. The highest BCUT2D eigenvalue weighted by molar-refractivity contribution is 6.05. The van der Waals surface area contributed by atoms with Gasteiger partial charge in [-0.1, -0.05) is 24.3 Å². The average molecular weight is 597 g/mol. The summed E-state index contributed by atoms with van der Waals surface area (Å²) in [5.74, 6) is -2.76. The highest BCUT2D eigenvalue weighted by Crippen LogP contribution is 2.43. The van der Waals surface area contributed by atoms with Crippen LogP contribution in [0.15, 0.2) is 66.7 Å². The van der Waals surface area contributed by atoms with Gasteiger partial charge in [-0.05, 0) is 41.5 Å². The molecule has 7 N–H and O–H groups in total. The first-order valence-corrected chi connectivity index (χ1v) is 13.1. The molecule has 0 radical (unpaired) electrons. The van der Waals surface area contributed by atoms with Crippen LogP contribution in [0.3, 0.4) is 0 Å². The summed E-state index contributed by atoms with van der Waals surface area (Å²) in [7, 11) is 0. The molecular formula is C30H28O13. The first-order valence-electron chi connectivity index (χ1n) is 13.1. The zero-order valence-corrected chi connectivity index (χ0v) is 22.3. The number of fused-ring (bicyclic) bond motifs is 1. The molecule has 3 aromatic rings. The normalized spacial score (nSPS) is 27.0. The van der Waals surface area contributed by atoms with E-state index in [0.29, 0.717) is 11.1 Å². The fraction of sp³-hybridized carbons (Fsp3) is 0.267. The lowest BCUT2D eigenvalue weighted by Crippen LogP contribution is -2.60. The van der Waals surface area contributed by atoms with Crippen molar-refractivity contribution in [1.82, 2.24) is 0 Å². The van der Waals surface area contributed by atoms with Crippen molar-refractivity contribution in [2.24, 2.45) is 0 Å². The Kier molecular flexibility index (Phi) is 8.52. The summed E-state index contributed by atoms with van der Waals surface area (Å²) in [6.45, 7) is -0.567. The molecule has 0 aliphatic carbocycles. The Morgan fingerprint density at radius 1 is 0.837 bits per heavy atom. The van der Waals surface area contributed by atoms with Crippen LogP contribution in [0.25, 0.3) is 6.08 Å². The van der Waals surface area contributed by atoms with Gasteiger partial charge in [0, 0.05) is 18.2 Å². The Bertz CT molecular complexity index is 1500. The molecule has 13 nitrogen and oxygen atoms in total. The number of ketones is 1. The van der Waals surface area contributed by atoms with Gasteiger partial charge in [-0.2, -0.15) is 0 Å². The molecule has 3 aromatic carbocycles. The van der Waals surface area contributed by atoms with Crippen molar-refractivity contribution >= 4 is 17.8 Å². The summed E-state index contributed by atoms with van der Waals surface area (Å²) in [4.78, 5) is 25.9. The number of rotatable bonds is 7. The van der Waals surface area contributed by atoms with Crippen LogP contribution in [-0.4, -0.2) is 90.9 Å². The van der Waals surface area contributed by atoms with Gasteiger partial charge in [0.25, 0.3) is 0 Å². The lowest BCUT2D eigenvalue weighted by atomic mass is 9.92. The lowest BCUT2D eigenvalue weighted by Gasteiger charge is -2.42. The minimum atomic E-state index is -1.86. The Labute approximate surface area is 244 Å². The highest BCUT2D eigenvalue weighted by atomic mass is 16.7. The second-order valence-corrected chi connectivity index (χ2v) is 9.96. The van der Waals surface area contributed by atoms with Gasteiger partial charge in [-0.25, -0.2) is 4.79 Å². The summed E-state index contributed by atoms with van der Waals surface area (Å²) < 4.78 is 22.5. The van der Waals surface area contributed by atoms with Gasteiger partial charge < -0.3 is 54.7 Å². The topological polar surface area (TPSA) is 213 Å². The van der Waals surface area contributed by atoms with Crippen molar-refractivity contribution in [3.05, 3.63) is 83.4 Å². The molecule has 2 heterocycles. The Morgan fingerprint density at radius 3 is 2.16 bits per heavy atom.